The van der Waals surface area contributed by atoms with Crippen LogP contribution in [0.3, 0.4) is 0 Å². The maximum absolute atomic E-state index is 12.3. The van der Waals surface area contributed by atoms with Crippen LogP contribution >= 0.6 is 0 Å². The van der Waals surface area contributed by atoms with Crippen molar-refractivity contribution in [2.24, 2.45) is 0 Å². The predicted molar refractivity (Wildman–Crippen MR) is 125 cm³/mol. The van der Waals surface area contributed by atoms with E-state index < -0.39 is 0 Å². The number of carbonyl (C=O) groups is 2. The lowest BCUT2D eigenvalue weighted by Crippen LogP contribution is -2.36. The maximum atomic E-state index is 12.3. The summed E-state index contributed by atoms with van der Waals surface area (Å²) in [5.74, 6) is 0.893. The molecule has 31 heavy (non-hydrogen) atoms. The molecule has 7 nitrogen and oxygen atoms in total. The van der Waals surface area contributed by atoms with Gasteiger partial charge in [0.2, 0.25) is 5.91 Å². The van der Waals surface area contributed by atoms with E-state index in [1.807, 2.05) is 55.5 Å². The van der Waals surface area contributed by atoms with Crippen molar-refractivity contribution in [2.45, 2.75) is 45.6 Å². The molecule has 1 aliphatic heterocycles. The second-order valence-corrected chi connectivity index (χ2v) is 7.71. The molecular formula is C24H32N4O3. The van der Waals surface area contributed by atoms with Crippen LogP contribution < -0.4 is 25.6 Å². The van der Waals surface area contributed by atoms with Crippen LogP contribution in [0.25, 0.3) is 0 Å². The summed E-state index contributed by atoms with van der Waals surface area (Å²) in [7, 11) is 0. The molecule has 2 aromatic rings. The summed E-state index contributed by atoms with van der Waals surface area (Å²) in [6.45, 7) is 6.39. The lowest BCUT2D eigenvalue weighted by Gasteiger charge is -2.19. The molecule has 0 aromatic heterocycles. The van der Waals surface area contributed by atoms with E-state index >= 15 is 0 Å². The Bertz CT molecular complexity index is 852. The number of benzene rings is 2. The van der Waals surface area contributed by atoms with Gasteiger partial charge in [0.25, 0.3) is 0 Å². The topological polar surface area (TPSA) is 82.7 Å². The third kappa shape index (κ3) is 6.91. The van der Waals surface area contributed by atoms with Crippen molar-refractivity contribution in [3.8, 4) is 5.75 Å². The molecule has 0 radical (unpaired) electrons. The van der Waals surface area contributed by atoms with E-state index in [4.69, 9.17) is 4.74 Å². The third-order valence-corrected chi connectivity index (χ3v) is 5.24. The van der Waals surface area contributed by atoms with Crippen LogP contribution in [0.2, 0.25) is 0 Å². The van der Waals surface area contributed by atoms with Crippen molar-refractivity contribution in [2.75, 3.05) is 35.2 Å². The van der Waals surface area contributed by atoms with Gasteiger partial charge in [-0.15, -0.1) is 0 Å². The van der Waals surface area contributed by atoms with Gasteiger partial charge in [-0.3, -0.25) is 4.79 Å². The maximum Gasteiger partial charge on any atom is 0.323 e. The largest absolute Gasteiger partial charge is 0.494 e. The van der Waals surface area contributed by atoms with E-state index in [-0.39, 0.29) is 18.0 Å². The second kappa shape index (κ2) is 11.2. The molecule has 1 fully saturated rings. The number of carbonyl (C=O) groups excluding carboxylic acids is 2. The summed E-state index contributed by atoms with van der Waals surface area (Å²) in [4.78, 5) is 26.1. The van der Waals surface area contributed by atoms with Crippen LogP contribution in [0.15, 0.2) is 48.5 Å². The molecule has 1 heterocycles. The van der Waals surface area contributed by atoms with Crippen molar-refractivity contribution in [3.05, 3.63) is 48.5 Å². The Morgan fingerprint density at radius 1 is 1.00 bits per heavy atom. The third-order valence-electron chi connectivity index (χ3n) is 5.24. The molecule has 1 atom stereocenters. The Morgan fingerprint density at radius 3 is 2.26 bits per heavy atom. The molecular weight excluding hydrogens is 392 g/mol. The first-order valence-corrected chi connectivity index (χ1v) is 11.0. The fourth-order valence-corrected chi connectivity index (χ4v) is 3.46. The van der Waals surface area contributed by atoms with Crippen LogP contribution in [0.1, 0.15) is 39.5 Å². The number of amides is 3. The van der Waals surface area contributed by atoms with Gasteiger partial charge in [-0.1, -0.05) is 20.3 Å². The Morgan fingerprint density at radius 2 is 1.65 bits per heavy atom. The summed E-state index contributed by atoms with van der Waals surface area (Å²) < 4.78 is 5.63. The number of unbranched alkanes of at least 4 members (excludes halogenated alkanes) is 1. The van der Waals surface area contributed by atoms with Crippen molar-refractivity contribution < 1.29 is 14.3 Å². The monoisotopic (exact) mass is 424 g/mol. The zero-order valence-electron chi connectivity index (χ0n) is 18.3. The molecule has 3 amide bonds. The summed E-state index contributed by atoms with van der Waals surface area (Å²) >= 11 is 0. The van der Waals surface area contributed by atoms with Crippen LogP contribution in [0, 0.1) is 0 Å². The molecule has 3 rings (SSSR count). The Hall–Kier alpha value is -3.22. The molecule has 1 unspecified atom stereocenters. The predicted octanol–water partition coefficient (Wildman–Crippen LogP) is 4.61. The number of nitrogens with one attached hydrogen (secondary N) is 3. The summed E-state index contributed by atoms with van der Waals surface area (Å²) in [6, 6.07) is 15.0. The number of urea groups is 1. The molecule has 166 valence electrons. The molecule has 0 bridgehead atoms. The highest BCUT2D eigenvalue weighted by Crippen LogP contribution is 2.23. The molecule has 1 aliphatic rings. The van der Waals surface area contributed by atoms with Gasteiger partial charge in [-0.05, 0) is 61.4 Å². The first kappa shape index (κ1) is 22.5. The van der Waals surface area contributed by atoms with E-state index in [0.717, 1.165) is 49.5 Å². The molecule has 0 spiro atoms. The summed E-state index contributed by atoms with van der Waals surface area (Å²) in [6.07, 6.45) is 3.57. The molecule has 7 heteroatoms. The van der Waals surface area contributed by atoms with Crippen molar-refractivity contribution in [1.82, 2.24) is 5.32 Å². The van der Waals surface area contributed by atoms with Crippen LogP contribution in [0.4, 0.5) is 21.9 Å². The van der Waals surface area contributed by atoms with Gasteiger partial charge in [-0.2, -0.15) is 0 Å². The summed E-state index contributed by atoms with van der Waals surface area (Å²) in [5.41, 5.74) is 2.50. The van der Waals surface area contributed by atoms with Gasteiger partial charge in [0, 0.05) is 42.6 Å². The van der Waals surface area contributed by atoms with Crippen molar-refractivity contribution >= 4 is 29.0 Å². The summed E-state index contributed by atoms with van der Waals surface area (Å²) in [5, 5.41) is 8.73. The van der Waals surface area contributed by atoms with Crippen molar-refractivity contribution in [3.63, 3.8) is 0 Å². The number of hydrogen-bond acceptors (Lipinski definition) is 4. The highest BCUT2D eigenvalue weighted by Gasteiger charge is 2.23. The number of ether oxygens (including phenoxy) is 1. The Kier molecular flexibility index (Phi) is 8.15. The van der Waals surface area contributed by atoms with Gasteiger partial charge in [0.15, 0.2) is 0 Å². The molecule has 2 aromatic carbocycles. The minimum atomic E-state index is -0.295. The lowest BCUT2D eigenvalue weighted by molar-refractivity contribution is -0.121. The minimum absolute atomic E-state index is 0.0936. The normalized spacial score (nSPS) is 15.4. The van der Waals surface area contributed by atoms with Gasteiger partial charge >= 0.3 is 6.03 Å². The van der Waals surface area contributed by atoms with Crippen LogP contribution in [-0.2, 0) is 4.79 Å². The number of rotatable bonds is 9. The molecule has 0 saturated carbocycles. The fraction of sp³-hybridized carbons (Fsp3) is 0.417. The molecule has 0 aliphatic carbocycles. The number of hydrogen-bond donors (Lipinski definition) is 3. The van der Waals surface area contributed by atoms with Gasteiger partial charge < -0.3 is 25.6 Å². The second-order valence-electron chi connectivity index (χ2n) is 7.71. The van der Waals surface area contributed by atoms with Crippen LogP contribution in [-0.4, -0.2) is 37.7 Å². The molecule has 1 saturated heterocycles. The van der Waals surface area contributed by atoms with E-state index in [9.17, 15) is 9.59 Å². The quantitative estimate of drug-likeness (QED) is 0.513. The Labute approximate surface area is 184 Å². The lowest BCUT2D eigenvalue weighted by atomic mass is 10.2. The SMILES string of the molecule is CCCCOc1ccc(NC(=O)Nc2ccc(N3CCC(NC(=O)CC)C3)cc2)cc1. The minimum Gasteiger partial charge on any atom is -0.494 e. The smallest absolute Gasteiger partial charge is 0.323 e. The van der Waals surface area contributed by atoms with E-state index in [1.54, 1.807) is 0 Å². The Balaban J connectivity index is 1.46. The van der Waals surface area contributed by atoms with E-state index in [0.29, 0.717) is 18.7 Å². The standard InChI is InChI=1S/C24H32N4O3/c1-3-5-16-31-22-12-8-19(9-13-22)27-24(30)26-18-6-10-21(11-7-18)28-15-14-20(17-28)25-23(29)4-2/h6-13,20H,3-5,14-17H2,1-2H3,(H,25,29)(H2,26,27,30). The number of anilines is 3. The van der Waals surface area contributed by atoms with Gasteiger partial charge in [0.1, 0.15) is 5.75 Å². The van der Waals surface area contributed by atoms with E-state index in [1.165, 1.54) is 0 Å². The highest BCUT2D eigenvalue weighted by atomic mass is 16.5. The zero-order chi connectivity index (χ0) is 22.1. The fourth-order valence-electron chi connectivity index (χ4n) is 3.46. The van der Waals surface area contributed by atoms with Gasteiger partial charge in [-0.25, -0.2) is 4.79 Å². The first-order chi connectivity index (χ1) is 15.1. The van der Waals surface area contributed by atoms with Crippen molar-refractivity contribution in [1.29, 1.82) is 0 Å². The average molecular weight is 425 g/mol. The first-order valence-electron chi connectivity index (χ1n) is 11.0. The van der Waals surface area contributed by atoms with Crippen LogP contribution in [0.5, 0.6) is 5.75 Å². The zero-order valence-corrected chi connectivity index (χ0v) is 18.3. The van der Waals surface area contributed by atoms with E-state index in [2.05, 4.69) is 27.8 Å². The molecule has 3 N–H and O–H groups in total. The van der Waals surface area contributed by atoms with Gasteiger partial charge in [0.05, 0.1) is 6.61 Å². The average Bonchev–Trinajstić information content (AvgIpc) is 3.24. The highest BCUT2D eigenvalue weighted by molar-refractivity contribution is 5.99. The number of nitrogens with zero attached hydrogens (tertiary/aromatic N) is 1.